The molecule has 1 unspecified atom stereocenters. The maximum atomic E-state index is 14.2. The standard InChI is InChI=1S/C20H25FN2O4S/c1-5-19(24)23-15-10-11-18(14(2)12-15)28(25,26)22-13-20(3,27-4)16-8-6-7-9-17(16)21/h6-12,22H,5,13H2,1-4H3,(H,23,24). The van der Waals surface area contributed by atoms with Gasteiger partial charge in [0, 0.05) is 31.3 Å². The molecule has 2 N–H and O–H groups in total. The number of hydrogen-bond donors (Lipinski definition) is 2. The number of amides is 1. The molecule has 0 spiro atoms. The molecule has 0 saturated carbocycles. The van der Waals surface area contributed by atoms with Crippen molar-refractivity contribution < 1.29 is 22.3 Å². The van der Waals surface area contributed by atoms with Gasteiger partial charge in [-0.1, -0.05) is 25.1 Å². The number of aryl methyl sites for hydroxylation is 1. The summed E-state index contributed by atoms with van der Waals surface area (Å²) < 4.78 is 47.6. The minimum Gasteiger partial charge on any atom is -0.372 e. The Labute approximate surface area is 165 Å². The SMILES string of the molecule is CCC(=O)Nc1ccc(S(=O)(=O)NCC(C)(OC)c2ccccc2F)c(C)c1. The van der Waals surface area contributed by atoms with E-state index in [1.54, 1.807) is 45.0 Å². The number of methoxy groups -OCH3 is 1. The van der Waals surface area contributed by atoms with Crippen LogP contribution in [0.15, 0.2) is 47.4 Å². The van der Waals surface area contributed by atoms with Crippen molar-refractivity contribution >= 4 is 21.6 Å². The van der Waals surface area contributed by atoms with E-state index in [0.717, 1.165) is 0 Å². The largest absolute Gasteiger partial charge is 0.372 e. The lowest BCUT2D eigenvalue weighted by Gasteiger charge is -2.29. The van der Waals surface area contributed by atoms with Gasteiger partial charge in [-0.05, 0) is 43.7 Å². The van der Waals surface area contributed by atoms with Gasteiger partial charge in [-0.3, -0.25) is 4.79 Å². The average molecular weight is 408 g/mol. The Morgan fingerprint density at radius 2 is 1.89 bits per heavy atom. The zero-order valence-corrected chi connectivity index (χ0v) is 17.2. The van der Waals surface area contributed by atoms with Crippen molar-refractivity contribution in [3.05, 3.63) is 59.4 Å². The van der Waals surface area contributed by atoms with Crippen molar-refractivity contribution in [1.82, 2.24) is 4.72 Å². The molecule has 2 rings (SSSR count). The van der Waals surface area contributed by atoms with Crippen molar-refractivity contribution in [2.45, 2.75) is 37.7 Å². The molecular weight excluding hydrogens is 383 g/mol. The Balaban J connectivity index is 2.23. The van der Waals surface area contributed by atoms with E-state index in [0.29, 0.717) is 17.7 Å². The predicted molar refractivity (Wildman–Crippen MR) is 106 cm³/mol. The maximum absolute atomic E-state index is 14.2. The summed E-state index contributed by atoms with van der Waals surface area (Å²) in [5.41, 5.74) is 0.0822. The summed E-state index contributed by atoms with van der Waals surface area (Å²) in [5, 5.41) is 2.69. The van der Waals surface area contributed by atoms with Gasteiger partial charge in [0.1, 0.15) is 11.4 Å². The highest BCUT2D eigenvalue weighted by Gasteiger charge is 2.31. The van der Waals surface area contributed by atoms with Crippen molar-refractivity contribution in [2.75, 3.05) is 19.0 Å². The number of carbonyl (C=O) groups is 1. The molecule has 0 heterocycles. The van der Waals surface area contributed by atoms with Gasteiger partial charge in [-0.15, -0.1) is 0 Å². The molecule has 0 aromatic heterocycles. The number of carbonyl (C=O) groups excluding carboxylic acids is 1. The van der Waals surface area contributed by atoms with Crippen LogP contribution in [0.3, 0.4) is 0 Å². The van der Waals surface area contributed by atoms with Crippen molar-refractivity contribution in [2.24, 2.45) is 0 Å². The summed E-state index contributed by atoms with van der Waals surface area (Å²) in [5.74, 6) is -0.632. The number of sulfonamides is 1. The molecule has 0 radical (unpaired) electrons. The molecule has 28 heavy (non-hydrogen) atoms. The van der Waals surface area contributed by atoms with E-state index in [1.165, 1.54) is 25.3 Å². The van der Waals surface area contributed by atoms with Crippen LogP contribution >= 0.6 is 0 Å². The molecule has 6 nitrogen and oxygen atoms in total. The first kappa shape index (κ1) is 22.0. The van der Waals surface area contributed by atoms with E-state index in [1.807, 2.05) is 0 Å². The van der Waals surface area contributed by atoms with E-state index in [2.05, 4.69) is 10.0 Å². The van der Waals surface area contributed by atoms with Gasteiger partial charge < -0.3 is 10.1 Å². The predicted octanol–water partition coefficient (Wildman–Crippen LogP) is 3.32. The number of halogens is 1. The monoisotopic (exact) mass is 408 g/mol. The first-order chi connectivity index (χ1) is 13.1. The van der Waals surface area contributed by atoms with E-state index in [4.69, 9.17) is 4.74 Å². The Bertz CT molecular complexity index is 962. The van der Waals surface area contributed by atoms with Crippen molar-refractivity contribution in [3.63, 3.8) is 0 Å². The first-order valence-electron chi connectivity index (χ1n) is 8.83. The van der Waals surface area contributed by atoms with Gasteiger partial charge in [-0.25, -0.2) is 17.5 Å². The van der Waals surface area contributed by atoms with E-state index >= 15 is 0 Å². The number of anilines is 1. The van der Waals surface area contributed by atoms with Crippen LogP contribution in [0.4, 0.5) is 10.1 Å². The highest BCUT2D eigenvalue weighted by molar-refractivity contribution is 7.89. The van der Waals surface area contributed by atoms with Crippen LogP contribution in [0, 0.1) is 12.7 Å². The molecule has 0 bridgehead atoms. The molecule has 1 atom stereocenters. The average Bonchev–Trinajstić information content (AvgIpc) is 2.66. The summed E-state index contributed by atoms with van der Waals surface area (Å²) in [6.07, 6.45) is 0.326. The lowest BCUT2D eigenvalue weighted by atomic mass is 9.95. The minimum atomic E-state index is -3.87. The third-order valence-corrected chi connectivity index (χ3v) is 6.12. The summed E-state index contributed by atoms with van der Waals surface area (Å²) in [6.45, 7) is 4.83. The molecule has 0 aliphatic rings. The second-order valence-corrected chi connectivity index (χ2v) is 8.36. The van der Waals surface area contributed by atoms with Crippen LogP contribution in [0.1, 0.15) is 31.4 Å². The molecule has 0 fully saturated rings. The van der Waals surface area contributed by atoms with Crippen LogP contribution in [-0.4, -0.2) is 28.0 Å². The number of benzene rings is 2. The zero-order chi connectivity index (χ0) is 20.9. The molecule has 8 heteroatoms. The van der Waals surface area contributed by atoms with E-state index < -0.39 is 21.4 Å². The highest BCUT2D eigenvalue weighted by atomic mass is 32.2. The first-order valence-corrected chi connectivity index (χ1v) is 10.3. The Hall–Kier alpha value is -2.29. The van der Waals surface area contributed by atoms with Gasteiger partial charge in [0.15, 0.2) is 0 Å². The Kier molecular flexibility index (Phi) is 6.92. The smallest absolute Gasteiger partial charge is 0.240 e. The molecule has 2 aromatic rings. The third kappa shape index (κ3) is 4.95. The number of nitrogens with one attached hydrogen (secondary N) is 2. The molecule has 152 valence electrons. The molecule has 2 aromatic carbocycles. The summed E-state index contributed by atoms with van der Waals surface area (Å²) >= 11 is 0. The Morgan fingerprint density at radius 3 is 2.46 bits per heavy atom. The van der Waals surface area contributed by atoms with Gasteiger partial charge in [-0.2, -0.15) is 0 Å². The van der Waals surface area contributed by atoms with Gasteiger partial charge in [0.05, 0.1) is 4.90 Å². The lowest BCUT2D eigenvalue weighted by Crippen LogP contribution is -2.40. The van der Waals surface area contributed by atoms with Gasteiger partial charge >= 0.3 is 0 Å². The zero-order valence-electron chi connectivity index (χ0n) is 16.4. The molecule has 1 amide bonds. The third-order valence-electron chi connectivity index (χ3n) is 4.56. The van der Waals surface area contributed by atoms with Crippen LogP contribution in [0.5, 0.6) is 0 Å². The van der Waals surface area contributed by atoms with E-state index in [-0.39, 0.29) is 22.9 Å². The molecular formula is C20H25FN2O4S. The van der Waals surface area contributed by atoms with Crippen LogP contribution in [0.2, 0.25) is 0 Å². The summed E-state index contributed by atoms with van der Waals surface area (Å²) in [7, 11) is -2.47. The highest BCUT2D eigenvalue weighted by Crippen LogP contribution is 2.27. The van der Waals surface area contributed by atoms with Gasteiger partial charge in [0.2, 0.25) is 15.9 Å². The fourth-order valence-electron chi connectivity index (χ4n) is 2.76. The fourth-order valence-corrected chi connectivity index (χ4v) is 4.11. The minimum absolute atomic E-state index is 0.0778. The summed E-state index contributed by atoms with van der Waals surface area (Å²) in [4.78, 5) is 11.6. The topological polar surface area (TPSA) is 84.5 Å². The molecule has 0 saturated heterocycles. The number of ether oxygens (including phenoxy) is 1. The number of hydrogen-bond acceptors (Lipinski definition) is 4. The number of rotatable bonds is 8. The maximum Gasteiger partial charge on any atom is 0.240 e. The lowest BCUT2D eigenvalue weighted by molar-refractivity contribution is -0.115. The van der Waals surface area contributed by atoms with E-state index in [9.17, 15) is 17.6 Å². The normalized spacial score (nSPS) is 13.8. The van der Waals surface area contributed by atoms with Crippen LogP contribution in [0.25, 0.3) is 0 Å². The van der Waals surface area contributed by atoms with Crippen molar-refractivity contribution in [1.29, 1.82) is 0 Å². The second kappa shape index (κ2) is 8.81. The van der Waals surface area contributed by atoms with Crippen LogP contribution < -0.4 is 10.0 Å². The van der Waals surface area contributed by atoms with Crippen LogP contribution in [-0.2, 0) is 25.2 Å². The van der Waals surface area contributed by atoms with Gasteiger partial charge in [0.25, 0.3) is 0 Å². The Morgan fingerprint density at radius 1 is 1.21 bits per heavy atom. The molecule has 0 aliphatic carbocycles. The quantitative estimate of drug-likeness (QED) is 0.702. The molecule has 0 aliphatic heterocycles. The fraction of sp³-hybridized carbons (Fsp3) is 0.350. The second-order valence-electron chi connectivity index (χ2n) is 6.62. The van der Waals surface area contributed by atoms with Crippen molar-refractivity contribution in [3.8, 4) is 0 Å². The summed E-state index contributed by atoms with van der Waals surface area (Å²) in [6, 6.07) is 10.6.